The van der Waals surface area contributed by atoms with Crippen molar-refractivity contribution in [2.24, 2.45) is 0 Å². The number of carbonyl (C=O) groups is 1. The van der Waals surface area contributed by atoms with E-state index >= 15 is 0 Å². The Bertz CT molecular complexity index is 678. The van der Waals surface area contributed by atoms with E-state index in [9.17, 15) is 35.1 Å². The van der Waals surface area contributed by atoms with Gasteiger partial charge in [0.15, 0.2) is 0 Å². The molecule has 0 aliphatic carbocycles. The SMILES string of the molecule is C[C@@H](O[N+](=O)[O-])[C@H](CCCCOC(=O)c1ccc([N+](=O)[O-])cc1)O[N+](=O)[O-]. The second-order valence-electron chi connectivity index (χ2n) is 5.34. The highest BCUT2D eigenvalue weighted by atomic mass is 17.0. The van der Waals surface area contributed by atoms with E-state index in [-0.39, 0.29) is 24.3 Å². The van der Waals surface area contributed by atoms with E-state index in [2.05, 4.69) is 9.68 Å². The Morgan fingerprint density at radius 3 is 2.11 bits per heavy atom. The lowest BCUT2D eigenvalue weighted by molar-refractivity contribution is -0.798. The van der Waals surface area contributed by atoms with Crippen molar-refractivity contribution in [3.8, 4) is 0 Å². The first-order valence-electron chi connectivity index (χ1n) is 7.74. The highest BCUT2D eigenvalue weighted by Gasteiger charge is 2.24. The van der Waals surface area contributed by atoms with Crippen LogP contribution >= 0.6 is 0 Å². The van der Waals surface area contributed by atoms with E-state index in [1.54, 1.807) is 0 Å². The van der Waals surface area contributed by atoms with E-state index in [0.717, 1.165) is 0 Å². The maximum atomic E-state index is 11.8. The molecule has 0 saturated heterocycles. The fourth-order valence-corrected chi connectivity index (χ4v) is 2.10. The first-order chi connectivity index (χ1) is 12.7. The Kier molecular flexibility index (Phi) is 8.35. The lowest BCUT2D eigenvalue weighted by Gasteiger charge is -2.20. The minimum absolute atomic E-state index is 0.00845. The van der Waals surface area contributed by atoms with Crippen molar-refractivity contribution >= 4 is 11.7 Å². The summed E-state index contributed by atoms with van der Waals surface area (Å²) in [6.07, 6.45) is -1.58. The Morgan fingerprint density at radius 2 is 1.59 bits per heavy atom. The molecular formula is C14H17N3O10. The van der Waals surface area contributed by atoms with Crippen molar-refractivity contribution in [3.63, 3.8) is 0 Å². The van der Waals surface area contributed by atoms with Crippen molar-refractivity contribution in [2.45, 2.75) is 38.4 Å². The third-order valence-electron chi connectivity index (χ3n) is 3.43. The molecule has 1 aromatic rings. The zero-order chi connectivity index (χ0) is 20.4. The van der Waals surface area contributed by atoms with Gasteiger partial charge in [0.05, 0.1) is 17.1 Å². The largest absolute Gasteiger partial charge is 0.462 e. The first kappa shape index (κ1) is 21.5. The first-order valence-corrected chi connectivity index (χ1v) is 7.74. The summed E-state index contributed by atoms with van der Waals surface area (Å²) >= 11 is 0. The standard InChI is InChI=1S/C14H17N3O10/c1-10(26-16(21)22)13(27-17(23)24)4-2-3-9-25-14(18)11-5-7-12(8-6-11)15(19)20/h5-8,10,13H,2-4,9H2,1H3/t10-,13+/m1/s1. The maximum Gasteiger partial charge on any atom is 0.338 e. The molecule has 1 aromatic carbocycles. The highest BCUT2D eigenvalue weighted by Crippen LogP contribution is 2.14. The number of nitro benzene ring substituents is 1. The van der Waals surface area contributed by atoms with Crippen molar-refractivity contribution in [2.75, 3.05) is 6.61 Å². The topological polar surface area (TPSA) is 174 Å². The van der Waals surface area contributed by atoms with Crippen LogP contribution in [0.25, 0.3) is 0 Å². The number of nitro groups is 1. The van der Waals surface area contributed by atoms with Gasteiger partial charge in [0, 0.05) is 12.1 Å². The van der Waals surface area contributed by atoms with Gasteiger partial charge < -0.3 is 14.4 Å². The molecule has 0 amide bonds. The number of nitrogens with zero attached hydrogens (tertiary/aromatic N) is 3. The van der Waals surface area contributed by atoms with Gasteiger partial charge in [0.1, 0.15) is 12.2 Å². The van der Waals surface area contributed by atoms with E-state index in [0.29, 0.717) is 12.8 Å². The van der Waals surface area contributed by atoms with Crippen LogP contribution in [0.1, 0.15) is 36.5 Å². The van der Waals surface area contributed by atoms with Crippen molar-refractivity contribution in [3.05, 3.63) is 60.2 Å². The molecule has 0 heterocycles. The molecule has 0 unspecified atom stereocenters. The molecule has 13 heteroatoms. The van der Waals surface area contributed by atoms with Gasteiger partial charge in [-0.25, -0.2) is 4.79 Å². The van der Waals surface area contributed by atoms with Gasteiger partial charge in [-0.05, 0) is 38.3 Å². The quantitative estimate of drug-likeness (QED) is 0.223. The van der Waals surface area contributed by atoms with Crippen LogP contribution in [0.3, 0.4) is 0 Å². The number of ether oxygens (including phenoxy) is 1. The van der Waals surface area contributed by atoms with E-state index in [1.165, 1.54) is 31.2 Å². The van der Waals surface area contributed by atoms with Crippen LogP contribution in [-0.4, -0.2) is 39.9 Å². The van der Waals surface area contributed by atoms with Crippen molar-refractivity contribution in [1.29, 1.82) is 0 Å². The molecule has 0 aliphatic heterocycles. The number of rotatable bonds is 12. The number of carbonyl (C=O) groups excluding carboxylic acids is 1. The average molecular weight is 387 g/mol. The zero-order valence-electron chi connectivity index (χ0n) is 14.2. The Balaban J connectivity index is 2.40. The molecule has 1 rings (SSSR count). The predicted molar refractivity (Wildman–Crippen MR) is 86.6 cm³/mol. The van der Waals surface area contributed by atoms with Gasteiger partial charge in [0.2, 0.25) is 0 Å². The van der Waals surface area contributed by atoms with Crippen LogP contribution in [0.5, 0.6) is 0 Å². The third-order valence-corrected chi connectivity index (χ3v) is 3.43. The van der Waals surface area contributed by atoms with Crippen molar-refractivity contribution in [1.82, 2.24) is 0 Å². The second kappa shape index (κ2) is 10.5. The molecule has 0 bridgehead atoms. The summed E-state index contributed by atoms with van der Waals surface area (Å²) in [7, 11) is 0. The van der Waals surface area contributed by atoms with Crippen LogP contribution in [0.4, 0.5) is 5.69 Å². The summed E-state index contributed by atoms with van der Waals surface area (Å²) in [5, 5.41) is 29.2. The number of hydrogen-bond donors (Lipinski definition) is 0. The van der Waals surface area contributed by atoms with E-state index in [1.807, 2.05) is 0 Å². The predicted octanol–water partition coefficient (Wildman–Crippen LogP) is 2.10. The van der Waals surface area contributed by atoms with Crippen LogP contribution in [0, 0.1) is 30.3 Å². The number of hydrogen-bond acceptors (Lipinski definition) is 10. The number of benzene rings is 1. The van der Waals surface area contributed by atoms with Crippen LogP contribution in [-0.2, 0) is 14.4 Å². The summed E-state index contributed by atoms with van der Waals surface area (Å²) in [4.78, 5) is 51.1. The van der Waals surface area contributed by atoms with Gasteiger partial charge in [-0.15, -0.1) is 20.2 Å². The smallest absolute Gasteiger partial charge is 0.338 e. The molecule has 0 saturated carbocycles. The molecular weight excluding hydrogens is 370 g/mol. The van der Waals surface area contributed by atoms with Gasteiger partial charge in [-0.3, -0.25) is 10.1 Å². The molecule has 0 aliphatic rings. The highest BCUT2D eigenvalue weighted by molar-refractivity contribution is 5.89. The van der Waals surface area contributed by atoms with Gasteiger partial charge in [0.25, 0.3) is 15.9 Å². The summed E-state index contributed by atoms with van der Waals surface area (Å²) in [5.41, 5.74) is -0.0161. The maximum absolute atomic E-state index is 11.8. The zero-order valence-corrected chi connectivity index (χ0v) is 14.2. The summed E-state index contributed by atoms with van der Waals surface area (Å²) in [6.45, 7) is 1.26. The number of esters is 1. The average Bonchev–Trinajstić information content (AvgIpc) is 2.59. The van der Waals surface area contributed by atoms with Crippen LogP contribution in [0.2, 0.25) is 0 Å². The molecule has 0 fully saturated rings. The Hall–Kier alpha value is -3.51. The molecule has 13 nitrogen and oxygen atoms in total. The van der Waals surface area contributed by atoms with Crippen LogP contribution < -0.4 is 0 Å². The molecule has 2 atom stereocenters. The lowest BCUT2D eigenvalue weighted by Crippen LogP contribution is -2.32. The van der Waals surface area contributed by atoms with E-state index in [4.69, 9.17) is 4.74 Å². The summed E-state index contributed by atoms with van der Waals surface area (Å²) < 4.78 is 4.99. The third kappa shape index (κ3) is 7.94. The summed E-state index contributed by atoms with van der Waals surface area (Å²) in [5.74, 6) is -0.673. The minimum Gasteiger partial charge on any atom is -0.462 e. The van der Waals surface area contributed by atoms with Gasteiger partial charge >= 0.3 is 5.97 Å². The number of non-ortho nitro benzene ring substituents is 1. The Morgan fingerprint density at radius 1 is 1.00 bits per heavy atom. The Labute approximate surface area is 152 Å². The number of unbranched alkanes of at least 4 members (excludes halogenated alkanes) is 1. The normalized spacial score (nSPS) is 12.5. The molecule has 0 aromatic heterocycles. The fourth-order valence-electron chi connectivity index (χ4n) is 2.10. The molecule has 27 heavy (non-hydrogen) atoms. The monoisotopic (exact) mass is 387 g/mol. The minimum atomic E-state index is -1.15. The molecule has 148 valence electrons. The lowest BCUT2D eigenvalue weighted by atomic mass is 10.1. The van der Waals surface area contributed by atoms with E-state index < -0.39 is 33.3 Å². The van der Waals surface area contributed by atoms with Gasteiger partial charge in [-0.1, -0.05) is 0 Å². The van der Waals surface area contributed by atoms with Crippen LogP contribution in [0.15, 0.2) is 24.3 Å². The van der Waals surface area contributed by atoms with Gasteiger partial charge in [-0.2, -0.15) is 0 Å². The molecule has 0 radical (unpaired) electrons. The second-order valence-corrected chi connectivity index (χ2v) is 5.34. The summed E-state index contributed by atoms with van der Waals surface area (Å²) in [6, 6.07) is 4.87. The molecule has 0 spiro atoms. The van der Waals surface area contributed by atoms with Crippen molar-refractivity contribution < 1.29 is 34.3 Å². The molecule has 0 N–H and O–H groups in total. The fraction of sp³-hybridized carbons (Fsp3) is 0.500.